The Labute approximate surface area is 115 Å². The second kappa shape index (κ2) is 5.55. The number of anilines is 1. The molecule has 1 heterocycles. The molecule has 0 saturated carbocycles. The second-order valence-electron chi connectivity index (χ2n) is 4.13. The van der Waals surface area contributed by atoms with Crippen LogP contribution in [0.1, 0.15) is 11.5 Å². The molecule has 108 valence electrons. The molecule has 9 heteroatoms. The van der Waals surface area contributed by atoms with Crippen molar-refractivity contribution < 1.29 is 17.3 Å². The number of rotatable bonds is 5. The van der Waals surface area contributed by atoms with E-state index in [2.05, 4.69) is 14.9 Å². The van der Waals surface area contributed by atoms with E-state index in [4.69, 9.17) is 10.3 Å². The lowest BCUT2D eigenvalue weighted by atomic mass is 10.2. The lowest BCUT2D eigenvalue weighted by Crippen LogP contribution is -2.26. The highest BCUT2D eigenvalue weighted by Crippen LogP contribution is 2.20. The van der Waals surface area contributed by atoms with E-state index in [0.29, 0.717) is 5.89 Å². The maximum Gasteiger partial charge on any atom is 0.240 e. The van der Waals surface area contributed by atoms with E-state index < -0.39 is 15.8 Å². The summed E-state index contributed by atoms with van der Waals surface area (Å²) in [5, 5.41) is 3.41. The average molecular weight is 300 g/mol. The zero-order valence-electron chi connectivity index (χ0n) is 10.6. The van der Waals surface area contributed by atoms with Gasteiger partial charge in [0.05, 0.1) is 10.6 Å². The van der Waals surface area contributed by atoms with E-state index >= 15 is 0 Å². The van der Waals surface area contributed by atoms with Crippen LogP contribution in [-0.4, -0.2) is 25.1 Å². The van der Waals surface area contributed by atoms with Gasteiger partial charge in [0.2, 0.25) is 15.9 Å². The first-order chi connectivity index (χ1) is 9.40. The molecule has 2 rings (SSSR count). The molecule has 3 N–H and O–H groups in total. The van der Waals surface area contributed by atoms with Crippen molar-refractivity contribution in [2.24, 2.45) is 0 Å². The van der Waals surface area contributed by atoms with Gasteiger partial charge in [0.25, 0.3) is 0 Å². The van der Waals surface area contributed by atoms with E-state index in [1.165, 1.54) is 19.3 Å². The number of hydrogen-bond acceptors (Lipinski definition) is 6. The van der Waals surface area contributed by atoms with Crippen molar-refractivity contribution in [2.45, 2.75) is 18.2 Å². The predicted octanol–water partition coefficient (Wildman–Crippen LogP) is 0.620. The van der Waals surface area contributed by atoms with E-state index in [1.807, 2.05) is 0 Å². The first-order valence-corrected chi connectivity index (χ1v) is 7.19. The Morgan fingerprint density at radius 2 is 2.20 bits per heavy atom. The van der Waals surface area contributed by atoms with Crippen molar-refractivity contribution >= 4 is 15.7 Å². The lowest BCUT2D eigenvalue weighted by Gasteiger charge is -2.08. The molecule has 0 spiro atoms. The molecular weight excluding hydrogens is 287 g/mol. The van der Waals surface area contributed by atoms with Crippen molar-refractivity contribution in [1.82, 2.24) is 14.9 Å². The Kier molecular flexibility index (Phi) is 4.00. The van der Waals surface area contributed by atoms with Crippen LogP contribution in [-0.2, 0) is 16.4 Å². The molecule has 0 aliphatic rings. The van der Waals surface area contributed by atoms with E-state index in [9.17, 15) is 12.8 Å². The van der Waals surface area contributed by atoms with Crippen LogP contribution in [0.25, 0.3) is 0 Å². The number of aromatic nitrogens is 2. The summed E-state index contributed by atoms with van der Waals surface area (Å²) in [5.74, 6) is -0.294. The Hall–Kier alpha value is -2.00. The van der Waals surface area contributed by atoms with Gasteiger partial charge < -0.3 is 10.3 Å². The summed E-state index contributed by atoms with van der Waals surface area (Å²) in [6.45, 7) is 1.53. The molecule has 1 aromatic heterocycles. The smallest absolute Gasteiger partial charge is 0.240 e. The third-order valence-electron chi connectivity index (χ3n) is 2.60. The molecule has 0 unspecified atom stereocenters. The number of benzene rings is 1. The summed E-state index contributed by atoms with van der Waals surface area (Å²) in [6.07, 6.45) is 1.49. The molecule has 0 aliphatic heterocycles. The maximum atomic E-state index is 13.4. The Balaban J connectivity index is 2.10. The largest absolute Gasteiger partial charge is 0.396 e. The number of nitrogens with two attached hydrogens (primary N) is 1. The predicted molar refractivity (Wildman–Crippen MR) is 68.7 cm³/mol. The number of sulfonamides is 1. The maximum absolute atomic E-state index is 13.4. The highest BCUT2D eigenvalue weighted by atomic mass is 32.2. The molecule has 0 amide bonds. The minimum Gasteiger partial charge on any atom is -0.396 e. The molecule has 0 fully saturated rings. The molecule has 0 saturated heterocycles. The summed E-state index contributed by atoms with van der Waals surface area (Å²) >= 11 is 0. The summed E-state index contributed by atoms with van der Waals surface area (Å²) in [6, 6.07) is 2.30. The SMILES string of the molecule is Cc1cc(S(=O)(=O)NCCc2ncno2)cc(N)c1F. The second-order valence-corrected chi connectivity index (χ2v) is 5.89. The highest BCUT2D eigenvalue weighted by Gasteiger charge is 2.17. The molecule has 20 heavy (non-hydrogen) atoms. The van der Waals surface area contributed by atoms with Gasteiger partial charge in [-0.2, -0.15) is 4.98 Å². The number of nitrogens with one attached hydrogen (secondary N) is 1. The minimum atomic E-state index is -3.76. The van der Waals surface area contributed by atoms with Crippen LogP contribution in [0.3, 0.4) is 0 Å². The zero-order chi connectivity index (χ0) is 14.8. The molecule has 2 aromatic rings. The van der Waals surface area contributed by atoms with Crippen molar-refractivity contribution in [1.29, 1.82) is 0 Å². The number of hydrogen-bond donors (Lipinski definition) is 2. The Bertz CT molecular complexity index is 677. The minimum absolute atomic E-state index is 0.0839. The average Bonchev–Trinajstić information content (AvgIpc) is 2.88. The fraction of sp³-hybridized carbons (Fsp3) is 0.273. The van der Waals surface area contributed by atoms with Crippen molar-refractivity contribution in [3.8, 4) is 0 Å². The fourth-order valence-corrected chi connectivity index (χ4v) is 2.75. The number of aryl methyl sites for hydroxylation is 1. The van der Waals surface area contributed by atoms with Crippen LogP contribution in [0.15, 0.2) is 27.9 Å². The molecule has 1 aromatic carbocycles. The lowest BCUT2D eigenvalue weighted by molar-refractivity contribution is 0.377. The van der Waals surface area contributed by atoms with Crippen LogP contribution < -0.4 is 10.5 Å². The van der Waals surface area contributed by atoms with Crippen LogP contribution >= 0.6 is 0 Å². The van der Waals surface area contributed by atoms with Gasteiger partial charge in [0.15, 0.2) is 6.33 Å². The zero-order valence-corrected chi connectivity index (χ0v) is 11.4. The molecule has 0 bridgehead atoms. The van der Waals surface area contributed by atoms with E-state index in [-0.39, 0.29) is 29.1 Å². The van der Waals surface area contributed by atoms with Crippen LogP contribution in [0.5, 0.6) is 0 Å². The number of halogens is 1. The third-order valence-corrected chi connectivity index (χ3v) is 4.04. The van der Waals surface area contributed by atoms with E-state index in [0.717, 1.165) is 6.07 Å². The summed E-state index contributed by atoms with van der Waals surface area (Å²) in [4.78, 5) is 3.68. The molecular formula is C11H13FN4O3S. The first kappa shape index (κ1) is 14.4. The quantitative estimate of drug-likeness (QED) is 0.783. The van der Waals surface area contributed by atoms with Gasteiger partial charge in [-0.25, -0.2) is 17.5 Å². The van der Waals surface area contributed by atoms with Gasteiger partial charge in [0, 0.05) is 13.0 Å². The van der Waals surface area contributed by atoms with Crippen LogP contribution in [0.4, 0.5) is 10.1 Å². The van der Waals surface area contributed by atoms with Gasteiger partial charge in [0.1, 0.15) is 5.82 Å². The topological polar surface area (TPSA) is 111 Å². The molecule has 0 aliphatic carbocycles. The van der Waals surface area contributed by atoms with Gasteiger partial charge in [-0.15, -0.1) is 0 Å². The van der Waals surface area contributed by atoms with Crippen molar-refractivity contribution in [3.05, 3.63) is 35.7 Å². The van der Waals surface area contributed by atoms with Gasteiger partial charge in [-0.1, -0.05) is 5.16 Å². The summed E-state index contributed by atoms with van der Waals surface area (Å²) in [7, 11) is -3.76. The van der Waals surface area contributed by atoms with E-state index in [1.54, 1.807) is 0 Å². The van der Waals surface area contributed by atoms with Gasteiger partial charge in [-0.05, 0) is 24.6 Å². The van der Waals surface area contributed by atoms with Gasteiger partial charge >= 0.3 is 0 Å². The number of nitrogens with zero attached hydrogens (tertiary/aromatic N) is 2. The van der Waals surface area contributed by atoms with Crippen molar-refractivity contribution in [2.75, 3.05) is 12.3 Å². The Morgan fingerprint density at radius 1 is 1.45 bits per heavy atom. The number of nitrogen functional groups attached to an aromatic ring is 1. The van der Waals surface area contributed by atoms with Crippen molar-refractivity contribution in [3.63, 3.8) is 0 Å². The van der Waals surface area contributed by atoms with Gasteiger partial charge in [-0.3, -0.25) is 0 Å². The standard InChI is InChI=1S/C11H13FN4O3S/c1-7-4-8(5-9(13)11(7)12)20(17,18)16-3-2-10-14-6-15-19-10/h4-6,16H,2-3,13H2,1H3. The monoisotopic (exact) mass is 300 g/mol. The normalized spacial score (nSPS) is 11.7. The summed E-state index contributed by atoms with van der Waals surface area (Å²) in [5.41, 5.74) is 5.39. The molecule has 0 radical (unpaired) electrons. The summed E-state index contributed by atoms with van der Waals surface area (Å²) < 4.78 is 44.5. The molecule has 0 atom stereocenters. The highest BCUT2D eigenvalue weighted by molar-refractivity contribution is 7.89. The van der Waals surface area contributed by atoms with Crippen LogP contribution in [0.2, 0.25) is 0 Å². The molecule has 7 nitrogen and oxygen atoms in total. The first-order valence-electron chi connectivity index (χ1n) is 5.71. The fourth-order valence-electron chi connectivity index (χ4n) is 1.60. The Morgan fingerprint density at radius 3 is 2.80 bits per heavy atom. The van der Waals surface area contributed by atoms with Crippen LogP contribution in [0, 0.1) is 12.7 Å². The third kappa shape index (κ3) is 3.11.